The summed E-state index contributed by atoms with van der Waals surface area (Å²) in [4.78, 5) is 0. The van der Waals surface area contributed by atoms with Crippen LogP contribution >= 0.6 is 22.9 Å². The van der Waals surface area contributed by atoms with Crippen LogP contribution in [0.1, 0.15) is 11.3 Å². The molecule has 20 heavy (non-hydrogen) atoms. The van der Waals surface area contributed by atoms with Crippen LogP contribution in [0.25, 0.3) is 16.3 Å². The number of rotatable bonds is 2. The second kappa shape index (κ2) is 4.88. The van der Waals surface area contributed by atoms with Gasteiger partial charge in [0.2, 0.25) is 5.13 Å². The molecule has 0 saturated heterocycles. The topological polar surface area (TPSA) is 69.6 Å². The zero-order valence-corrected chi connectivity index (χ0v) is 12.5. The van der Waals surface area contributed by atoms with Crippen LogP contribution in [0.3, 0.4) is 0 Å². The van der Waals surface area contributed by atoms with Crippen molar-refractivity contribution in [1.29, 1.82) is 0 Å². The molecule has 7 heteroatoms. The largest absolute Gasteiger partial charge is 0.374 e. The van der Waals surface area contributed by atoms with Gasteiger partial charge in [-0.25, -0.2) is 4.68 Å². The Labute approximate surface area is 125 Å². The molecular weight excluding hydrogens is 294 g/mol. The summed E-state index contributed by atoms with van der Waals surface area (Å²) in [5.74, 6) is 0. The van der Waals surface area contributed by atoms with E-state index in [2.05, 4.69) is 15.3 Å². The minimum Gasteiger partial charge on any atom is -0.374 e. The molecule has 0 radical (unpaired) electrons. The molecule has 0 aliphatic heterocycles. The fraction of sp³-hybridized carbons (Fsp3) is 0.154. The molecule has 0 fully saturated rings. The van der Waals surface area contributed by atoms with Crippen molar-refractivity contribution in [1.82, 2.24) is 20.0 Å². The van der Waals surface area contributed by atoms with Crippen molar-refractivity contribution >= 4 is 28.1 Å². The molecule has 0 spiro atoms. The van der Waals surface area contributed by atoms with Gasteiger partial charge in [0.1, 0.15) is 0 Å². The zero-order valence-electron chi connectivity index (χ0n) is 11.0. The van der Waals surface area contributed by atoms with Crippen molar-refractivity contribution in [3.05, 3.63) is 40.7 Å². The van der Waals surface area contributed by atoms with E-state index in [0.717, 1.165) is 32.5 Å². The van der Waals surface area contributed by atoms with Gasteiger partial charge in [-0.1, -0.05) is 29.0 Å². The van der Waals surface area contributed by atoms with Gasteiger partial charge >= 0.3 is 0 Å². The number of hydrogen-bond acceptors (Lipinski definition) is 5. The standard InChI is InChI=1S/C13H12ClN5S/c1-7-3-4-9(5-11(7)14)19-8(2)10(6-16-19)12-17-18-13(15)20-12/h3-6H,1-2H3,(H2,15,18). The summed E-state index contributed by atoms with van der Waals surface area (Å²) < 4.78 is 1.83. The number of halogens is 1. The van der Waals surface area contributed by atoms with Gasteiger partial charge in [-0.3, -0.25) is 0 Å². The molecule has 0 bridgehead atoms. The van der Waals surface area contributed by atoms with E-state index in [1.165, 1.54) is 11.3 Å². The van der Waals surface area contributed by atoms with E-state index >= 15 is 0 Å². The molecule has 2 N–H and O–H groups in total. The first kappa shape index (κ1) is 13.1. The molecule has 2 aromatic heterocycles. The molecule has 5 nitrogen and oxygen atoms in total. The van der Waals surface area contributed by atoms with Gasteiger partial charge in [0.25, 0.3) is 0 Å². The summed E-state index contributed by atoms with van der Waals surface area (Å²) in [5.41, 5.74) is 9.48. The predicted octanol–water partition coefficient (Wildman–Crippen LogP) is 3.24. The quantitative estimate of drug-likeness (QED) is 0.789. The number of benzene rings is 1. The lowest BCUT2D eigenvalue weighted by molar-refractivity contribution is 0.847. The lowest BCUT2D eigenvalue weighted by atomic mass is 10.2. The molecule has 0 aliphatic carbocycles. The molecule has 0 amide bonds. The first-order valence-electron chi connectivity index (χ1n) is 5.97. The maximum absolute atomic E-state index is 6.17. The molecule has 0 atom stereocenters. The molecule has 0 saturated carbocycles. The maximum Gasteiger partial charge on any atom is 0.203 e. The number of nitrogen functional groups attached to an aromatic ring is 1. The van der Waals surface area contributed by atoms with E-state index < -0.39 is 0 Å². The van der Waals surface area contributed by atoms with E-state index in [1.807, 2.05) is 36.7 Å². The Bertz CT molecular complexity index is 777. The monoisotopic (exact) mass is 305 g/mol. The lowest BCUT2D eigenvalue weighted by Gasteiger charge is -2.06. The first-order valence-corrected chi connectivity index (χ1v) is 7.16. The molecule has 3 rings (SSSR count). The number of hydrogen-bond donors (Lipinski definition) is 1. The van der Waals surface area contributed by atoms with Crippen LogP contribution in [0.2, 0.25) is 5.02 Å². The van der Waals surface area contributed by atoms with Crippen molar-refractivity contribution in [2.45, 2.75) is 13.8 Å². The number of aryl methyl sites for hydroxylation is 1. The van der Waals surface area contributed by atoms with Crippen molar-refractivity contribution in [3.63, 3.8) is 0 Å². The van der Waals surface area contributed by atoms with E-state index in [-0.39, 0.29) is 0 Å². The highest BCUT2D eigenvalue weighted by Gasteiger charge is 2.14. The zero-order chi connectivity index (χ0) is 14.3. The number of nitrogens with two attached hydrogens (primary N) is 1. The first-order chi connectivity index (χ1) is 9.56. The van der Waals surface area contributed by atoms with E-state index in [9.17, 15) is 0 Å². The number of anilines is 1. The normalized spacial score (nSPS) is 10.9. The third kappa shape index (κ3) is 2.17. The summed E-state index contributed by atoms with van der Waals surface area (Å²) in [6, 6.07) is 5.86. The second-order valence-corrected chi connectivity index (χ2v) is 5.85. The van der Waals surface area contributed by atoms with Crippen LogP contribution < -0.4 is 5.73 Å². The molecule has 1 aromatic carbocycles. The van der Waals surface area contributed by atoms with Crippen LogP contribution in [0.15, 0.2) is 24.4 Å². The van der Waals surface area contributed by atoms with Gasteiger partial charge in [-0.2, -0.15) is 5.10 Å². The van der Waals surface area contributed by atoms with E-state index in [1.54, 1.807) is 6.20 Å². The second-order valence-electron chi connectivity index (χ2n) is 4.43. The molecule has 0 unspecified atom stereocenters. The van der Waals surface area contributed by atoms with Crippen LogP contribution in [0, 0.1) is 13.8 Å². The fourth-order valence-electron chi connectivity index (χ4n) is 1.94. The highest BCUT2D eigenvalue weighted by atomic mass is 35.5. The van der Waals surface area contributed by atoms with Crippen molar-refractivity contribution in [2.24, 2.45) is 0 Å². The maximum atomic E-state index is 6.17. The Morgan fingerprint density at radius 3 is 2.70 bits per heavy atom. The van der Waals surface area contributed by atoms with Gasteiger partial charge < -0.3 is 5.73 Å². The highest BCUT2D eigenvalue weighted by Crippen LogP contribution is 2.29. The molecule has 2 heterocycles. The number of aromatic nitrogens is 4. The van der Waals surface area contributed by atoms with Crippen LogP contribution in [-0.4, -0.2) is 20.0 Å². The average Bonchev–Trinajstić information content (AvgIpc) is 2.99. The molecule has 0 aliphatic rings. The van der Waals surface area contributed by atoms with Crippen LogP contribution in [-0.2, 0) is 0 Å². The summed E-state index contributed by atoms with van der Waals surface area (Å²) in [6.07, 6.45) is 1.77. The minimum absolute atomic E-state index is 0.450. The Balaban J connectivity index is 2.08. The Morgan fingerprint density at radius 1 is 1.25 bits per heavy atom. The van der Waals surface area contributed by atoms with Gasteiger partial charge in [0.05, 0.1) is 23.1 Å². The third-order valence-corrected chi connectivity index (χ3v) is 4.27. The smallest absolute Gasteiger partial charge is 0.203 e. The highest BCUT2D eigenvalue weighted by molar-refractivity contribution is 7.18. The molecule has 3 aromatic rings. The Hall–Kier alpha value is -1.92. The van der Waals surface area contributed by atoms with Gasteiger partial charge in [0, 0.05) is 5.02 Å². The Kier molecular flexibility index (Phi) is 3.19. The SMILES string of the molecule is Cc1ccc(-n2ncc(-c3nnc(N)s3)c2C)cc1Cl. The van der Waals surface area contributed by atoms with Gasteiger partial charge in [0.15, 0.2) is 5.01 Å². The average molecular weight is 306 g/mol. The van der Waals surface area contributed by atoms with Gasteiger partial charge in [-0.15, -0.1) is 10.2 Å². The summed E-state index contributed by atoms with van der Waals surface area (Å²) >= 11 is 7.51. The van der Waals surface area contributed by atoms with E-state index in [4.69, 9.17) is 17.3 Å². The van der Waals surface area contributed by atoms with Crippen molar-refractivity contribution < 1.29 is 0 Å². The van der Waals surface area contributed by atoms with Crippen molar-refractivity contribution in [3.8, 4) is 16.3 Å². The lowest BCUT2D eigenvalue weighted by Crippen LogP contribution is -1.99. The van der Waals surface area contributed by atoms with Crippen LogP contribution in [0.4, 0.5) is 5.13 Å². The fourth-order valence-corrected chi connectivity index (χ4v) is 2.78. The summed E-state index contributed by atoms with van der Waals surface area (Å²) in [5, 5.41) is 14.2. The molecule has 102 valence electrons. The summed E-state index contributed by atoms with van der Waals surface area (Å²) in [6.45, 7) is 3.95. The number of nitrogens with zero attached hydrogens (tertiary/aromatic N) is 4. The molecular formula is C13H12ClN5S. The minimum atomic E-state index is 0.450. The van der Waals surface area contributed by atoms with Crippen molar-refractivity contribution in [2.75, 3.05) is 5.73 Å². The van der Waals surface area contributed by atoms with Crippen LogP contribution in [0.5, 0.6) is 0 Å². The predicted molar refractivity (Wildman–Crippen MR) is 81.4 cm³/mol. The third-order valence-electron chi connectivity index (χ3n) is 3.08. The van der Waals surface area contributed by atoms with E-state index in [0.29, 0.717) is 5.13 Å². The van der Waals surface area contributed by atoms with Gasteiger partial charge in [-0.05, 0) is 31.5 Å². The summed E-state index contributed by atoms with van der Waals surface area (Å²) in [7, 11) is 0. The Morgan fingerprint density at radius 2 is 2.05 bits per heavy atom.